The standard InChI is InChI=1S/C18H18BrN3O4S/c19-15-5-3-4-14(12-15)18(24)21-20-17(23)13-6-8-16(9-7-13)27(25,26)22-10-1-2-11-22/h3-9,12H,1-2,10-11H2,(H,20,23)(H,21,24). The monoisotopic (exact) mass is 451 g/mol. The van der Waals surface area contributed by atoms with Crippen molar-refractivity contribution in [2.45, 2.75) is 17.7 Å². The van der Waals surface area contributed by atoms with Gasteiger partial charge in [-0.2, -0.15) is 4.31 Å². The highest BCUT2D eigenvalue weighted by Crippen LogP contribution is 2.21. The van der Waals surface area contributed by atoms with Crippen LogP contribution in [0, 0.1) is 0 Å². The molecule has 1 saturated heterocycles. The summed E-state index contributed by atoms with van der Waals surface area (Å²) in [6.07, 6.45) is 1.72. The number of hydrogen-bond acceptors (Lipinski definition) is 4. The maximum absolute atomic E-state index is 12.5. The molecule has 2 aromatic carbocycles. The number of halogens is 1. The Morgan fingerprint density at radius 3 is 2.07 bits per heavy atom. The lowest BCUT2D eigenvalue weighted by atomic mass is 10.2. The van der Waals surface area contributed by atoms with E-state index in [-0.39, 0.29) is 10.5 Å². The minimum Gasteiger partial charge on any atom is -0.267 e. The van der Waals surface area contributed by atoms with Crippen LogP contribution < -0.4 is 10.9 Å². The summed E-state index contributed by atoms with van der Waals surface area (Å²) in [5.74, 6) is -0.999. The number of sulfonamides is 1. The summed E-state index contributed by atoms with van der Waals surface area (Å²) in [6, 6.07) is 12.4. The van der Waals surface area contributed by atoms with Gasteiger partial charge >= 0.3 is 0 Å². The molecule has 2 amide bonds. The summed E-state index contributed by atoms with van der Waals surface area (Å²) < 4.78 is 27.2. The van der Waals surface area contributed by atoms with Crippen LogP contribution in [-0.4, -0.2) is 37.6 Å². The van der Waals surface area contributed by atoms with E-state index in [1.807, 2.05) is 0 Å². The Morgan fingerprint density at radius 1 is 0.889 bits per heavy atom. The van der Waals surface area contributed by atoms with Gasteiger partial charge in [-0.15, -0.1) is 0 Å². The zero-order valence-corrected chi connectivity index (χ0v) is 16.7. The van der Waals surface area contributed by atoms with Crippen molar-refractivity contribution in [3.8, 4) is 0 Å². The van der Waals surface area contributed by atoms with Crippen molar-refractivity contribution >= 4 is 37.8 Å². The van der Waals surface area contributed by atoms with Crippen molar-refractivity contribution < 1.29 is 18.0 Å². The van der Waals surface area contributed by atoms with E-state index in [0.717, 1.165) is 17.3 Å². The van der Waals surface area contributed by atoms with Crippen molar-refractivity contribution in [2.24, 2.45) is 0 Å². The fourth-order valence-electron chi connectivity index (χ4n) is 2.74. The van der Waals surface area contributed by atoms with Crippen molar-refractivity contribution in [3.63, 3.8) is 0 Å². The van der Waals surface area contributed by atoms with Crippen LogP contribution in [-0.2, 0) is 10.0 Å². The molecule has 27 heavy (non-hydrogen) atoms. The Bertz CT molecular complexity index is 955. The van der Waals surface area contributed by atoms with Gasteiger partial charge in [0.1, 0.15) is 0 Å². The number of amides is 2. The predicted octanol–water partition coefficient (Wildman–Crippen LogP) is 2.31. The Balaban J connectivity index is 1.63. The summed E-state index contributed by atoms with van der Waals surface area (Å²) in [7, 11) is -3.52. The predicted molar refractivity (Wildman–Crippen MR) is 104 cm³/mol. The van der Waals surface area contributed by atoms with Crippen LogP contribution in [0.15, 0.2) is 57.9 Å². The fourth-order valence-corrected chi connectivity index (χ4v) is 4.66. The number of carbonyl (C=O) groups excluding carboxylic acids is 2. The van der Waals surface area contributed by atoms with Crippen molar-refractivity contribution in [1.82, 2.24) is 15.2 Å². The van der Waals surface area contributed by atoms with E-state index in [1.165, 1.54) is 28.6 Å². The van der Waals surface area contributed by atoms with E-state index in [2.05, 4.69) is 26.8 Å². The van der Waals surface area contributed by atoms with Gasteiger partial charge in [0.05, 0.1) is 4.90 Å². The average molecular weight is 452 g/mol. The quantitative estimate of drug-likeness (QED) is 0.697. The summed E-state index contributed by atoms with van der Waals surface area (Å²) in [6.45, 7) is 1.04. The minimum atomic E-state index is -3.52. The summed E-state index contributed by atoms with van der Waals surface area (Å²) >= 11 is 3.27. The lowest BCUT2D eigenvalue weighted by Crippen LogP contribution is -2.41. The number of hydrogen-bond donors (Lipinski definition) is 2. The summed E-state index contributed by atoms with van der Waals surface area (Å²) in [4.78, 5) is 24.4. The van der Waals surface area contributed by atoms with Gasteiger partial charge in [-0.3, -0.25) is 20.4 Å². The van der Waals surface area contributed by atoms with Gasteiger partial charge in [-0.05, 0) is 55.3 Å². The average Bonchev–Trinajstić information content (AvgIpc) is 3.21. The van der Waals surface area contributed by atoms with Gasteiger partial charge in [0.2, 0.25) is 10.0 Å². The van der Waals surface area contributed by atoms with Crippen LogP contribution in [0.25, 0.3) is 0 Å². The molecule has 0 radical (unpaired) electrons. The molecule has 0 aliphatic carbocycles. The first-order valence-electron chi connectivity index (χ1n) is 8.34. The van der Waals surface area contributed by atoms with Crippen LogP contribution >= 0.6 is 15.9 Å². The minimum absolute atomic E-state index is 0.152. The van der Waals surface area contributed by atoms with E-state index in [9.17, 15) is 18.0 Å². The lowest BCUT2D eigenvalue weighted by molar-refractivity contribution is 0.0846. The second kappa shape index (κ2) is 8.20. The van der Waals surface area contributed by atoms with Gasteiger partial charge in [-0.1, -0.05) is 22.0 Å². The molecule has 1 heterocycles. The molecule has 0 unspecified atom stereocenters. The van der Waals surface area contributed by atoms with E-state index < -0.39 is 21.8 Å². The maximum Gasteiger partial charge on any atom is 0.269 e. The number of nitrogens with zero attached hydrogens (tertiary/aromatic N) is 1. The van der Waals surface area contributed by atoms with E-state index >= 15 is 0 Å². The highest BCUT2D eigenvalue weighted by atomic mass is 79.9. The normalized spacial score (nSPS) is 14.7. The first-order valence-corrected chi connectivity index (χ1v) is 10.6. The molecule has 0 aromatic heterocycles. The highest BCUT2D eigenvalue weighted by molar-refractivity contribution is 9.10. The molecular formula is C18H18BrN3O4S. The molecule has 2 N–H and O–H groups in total. The maximum atomic E-state index is 12.5. The third kappa shape index (κ3) is 4.55. The molecule has 1 aliphatic rings. The van der Waals surface area contributed by atoms with Crippen molar-refractivity contribution in [3.05, 3.63) is 64.1 Å². The molecule has 0 saturated carbocycles. The largest absolute Gasteiger partial charge is 0.269 e. The molecular weight excluding hydrogens is 434 g/mol. The first kappa shape index (κ1) is 19.5. The number of carbonyl (C=O) groups is 2. The van der Waals surface area contributed by atoms with E-state index in [1.54, 1.807) is 24.3 Å². The molecule has 2 aromatic rings. The zero-order chi connectivity index (χ0) is 19.4. The molecule has 9 heteroatoms. The Kier molecular flexibility index (Phi) is 5.93. The molecule has 1 aliphatic heterocycles. The number of hydrazine groups is 1. The van der Waals surface area contributed by atoms with Gasteiger partial charge in [0.25, 0.3) is 11.8 Å². The molecule has 7 nitrogen and oxygen atoms in total. The SMILES string of the molecule is O=C(NNC(=O)c1cccc(Br)c1)c1ccc(S(=O)(=O)N2CCCC2)cc1. The van der Waals surface area contributed by atoms with Gasteiger partial charge in [0.15, 0.2) is 0 Å². The Hall–Kier alpha value is -2.23. The van der Waals surface area contributed by atoms with Crippen LogP contribution in [0.2, 0.25) is 0 Å². The van der Waals surface area contributed by atoms with Crippen molar-refractivity contribution in [1.29, 1.82) is 0 Å². The first-order chi connectivity index (χ1) is 12.9. The van der Waals surface area contributed by atoms with Crippen molar-refractivity contribution in [2.75, 3.05) is 13.1 Å². The molecule has 1 fully saturated rings. The third-order valence-corrected chi connectivity index (χ3v) is 6.60. The third-order valence-electron chi connectivity index (χ3n) is 4.20. The van der Waals surface area contributed by atoms with Gasteiger partial charge < -0.3 is 0 Å². The van der Waals surface area contributed by atoms with Crippen LogP contribution in [0.4, 0.5) is 0 Å². The van der Waals surface area contributed by atoms with Crippen LogP contribution in [0.5, 0.6) is 0 Å². The van der Waals surface area contributed by atoms with Gasteiger partial charge in [0, 0.05) is 28.7 Å². The van der Waals surface area contributed by atoms with E-state index in [0.29, 0.717) is 18.7 Å². The second-order valence-electron chi connectivity index (χ2n) is 6.05. The lowest BCUT2D eigenvalue weighted by Gasteiger charge is -2.15. The molecule has 0 bridgehead atoms. The number of benzene rings is 2. The van der Waals surface area contributed by atoms with Gasteiger partial charge in [-0.25, -0.2) is 8.42 Å². The zero-order valence-electron chi connectivity index (χ0n) is 14.3. The van der Waals surface area contributed by atoms with Crippen LogP contribution in [0.1, 0.15) is 33.6 Å². The fraction of sp³-hybridized carbons (Fsp3) is 0.222. The molecule has 0 atom stereocenters. The number of rotatable bonds is 4. The smallest absolute Gasteiger partial charge is 0.267 e. The number of nitrogens with one attached hydrogen (secondary N) is 2. The Morgan fingerprint density at radius 2 is 1.48 bits per heavy atom. The Labute approximate surface area is 165 Å². The summed E-state index contributed by atoms with van der Waals surface area (Å²) in [5, 5.41) is 0. The second-order valence-corrected chi connectivity index (χ2v) is 8.91. The van der Waals surface area contributed by atoms with E-state index in [4.69, 9.17) is 0 Å². The van der Waals surface area contributed by atoms with Crippen LogP contribution in [0.3, 0.4) is 0 Å². The summed E-state index contributed by atoms with van der Waals surface area (Å²) in [5.41, 5.74) is 5.27. The topological polar surface area (TPSA) is 95.6 Å². The molecule has 0 spiro atoms. The molecule has 142 valence electrons. The highest BCUT2D eigenvalue weighted by Gasteiger charge is 2.27. The molecule has 3 rings (SSSR count).